The number of nitrogens with zero attached hydrogens (tertiary/aromatic N) is 2. The Balaban J connectivity index is 2.10. The van der Waals surface area contributed by atoms with Gasteiger partial charge >= 0.3 is 12.2 Å². The van der Waals surface area contributed by atoms with Crippen molar-refractivity contribution in [2.24, 2.45) is 0 Å². The van der Waals surface area contributed by atoms with E-state index in [1.165, 1.54) is 0 Å². The summed E-state index contributed by atoms with van der Waals surface area (Å²) in [6.45, 7) is -0.390. The van der Waals surface area contributed by atoms with Crippen LogP contribution in [0, 0.1) is 0 Å². The molecule has 0 aliphatic rings. The number of para-hydroxylation sites is 1. The highest BCUT2D eigenvalue weighted by molar-refractivity contribution is 6.25. The zero-order valence-electron chi connectivity index (χ0n) is 15.6. The second-order valence-corrected chi connectivity index (χ2v) is 6.30. The normalized spacial score (nSPS) is 12.7. The summed E-state index contributed by atoms with van der Waals surface area (Å²) in [6.07, 6.45) is 1.16. The van der Waals surface area contributed by atoms with Crippen molar-refractivity contribution in [2.45, 2.75) is 31.4 Å². The number of Topliss-reactive ketones (excluding diaryl/α,β-unsaturated/α-hetero) is 1. The molecule has 0 saturated heterocycles. The topological polar surface area (TPSA) is 165 Å². The van der Waals surface area contributed by atoms with Crippen LogP contribution >= 0.6 is 0 Å². The quantitative estimate of drug-likeness (QED) is 0.226. The highest BCUT2D eigenvalue weighted by Gasteiger charge is 2.27. The summed E-state index contributed by atoms with van der Waals surface area (Å²) in [5, 5.41) is 21.6. The van der Waals surface area contributed by atoms with Gasteiger partial charge in [0.2, 0.25) is 11.7 Å². The zero-order valence-corrected chi connectivity index (χ0v) is 15.6. The third-order valence-corrected chi connectivity index (χ3v) is 4.28. The summed E-state index contributed by atoms with van der Waals surface area (Å²) in [5.74, 6) is -2.54. The molecule has 0 spiro atoms. The number of benzene rings is 1. The van der Waals surface area contributed by atoms with Crippen LogP contribution in [0.2, 0.25) is 0 Å². The van der Waals surface area contributed by atoms with Crippen LogP contribution in [0.25, 0.3) is 16.4 Å². The molecule has 29 heavy (non-hydrogen) atoms. The Morgan fingerprint density at radius 1 is 1.31 bits per heavy atom. The number of H-pyrrole nitrogens is 1. The molecule has 0 aliphatic carbocycles. The number of nitrogens with one attached hydrogen (secondary N) is 2. The number of fused-ring (bicyclic) bond motifs is 1. The highest BCUT2D eigenvalue weighted by Crippen LogP contribution is 2.20. The summed E-state index contributed by atoms with van der Waals surface area (Å²) < 4.78 is 5.43. The van der Waals surface area contributed by atoms with E-state index in [1.807, 2.05) is 24.3 Å². The van der Waals surface area contributed by atoms with Gasteiger partial charge in [-0.2, -0.15) is 4.79 Å². The predicted octanol–water partition coefficient (Wildman–Crippen LogP) is 0.307. The molecule has 0 saturated carbocycles. The number of ketones is 1. The van der Waals surface area contributed by atoms with Crippen LogP contribution in [0.5, 0.6) is 0 Å². The Kier molecular flexibility index (Phi) is 8.23. The van der Waals surface area contributed by atoms with E-state index in [0.29, 0.717) is 6.21 Å². The molecule has 2 aromatic rings. The van der Waals surface area contributed by atoms with Gasteiger partial charge in [0.05, 0.1) is 13.2 Å². The minimum Gasteiger partial charge on any atom is -0.480 e. The number of carboxylic acid groups (broad SMARTS) is 1. The van der Waals surface area contributed by atoms with E-state index in [-0.39, 0.29) is 32.5 Å². The summed E-state index contributed by atoms with van der Waals surface area (Å²) in [4.78, 5) is 41.2. The molecule has 0 radical (unpaired) electrons. The summed E-state index contributed by atoms with van der Waals surface area (Å²) >= 11 is 0. The molecule has 2 rings (SSSR count). The second kappa shape index (κ2) is 10.9. The molecule has 0 aliphatic heterocycles. The molecule has 2 atom stereocenters. The maximum atomic E-state index is 12.7. The number of rotatable bonds is 12. The molecule has 1 amide bonds. The van der Waals surface area contributed by atoms with Gasteiger partial charge in [-0.1, -0.05) is 18.2 Å². The number of ether oxygens (including phenoxy) is 1. The standard InChI is InChI=1S/C19H22N4O6/c20-22-11-13(25)5-6-16(19(27)28)23-18(26)17(29-8-7-24)9-12-10-21-15-4-2-1-3-14(12)15/h1-4,10-11,16-17,21,24H,5-9H2,(H,23,26)(H,27,28)/t16-,17-/m0/s1. The highest BCUT2D eigenvalue weighted by atomic mass is 16.5. The van der Waals surface area contributed by atoms with E-state index in [1.54, 1.807) is 6.20 Å². The van der Waals surface area contributed by atoms with Crippen molar-refractivity contribution in [3.8, 4) is 0 Å². The summed E-state index contributed by atoms with van der Waals surface area (Å²) in [5.41, 5.74) is 10.0. The van der Waals surface area contributed by atoms with E-state index in [0.717, 1.165) is 16.5 Å². The zero-order chi connectivity index (χ0) is 21.2. The van der Waals surface area contributed by atoms with Gasteiger partial charge in [0.15, 0.2) is 0 Å². The Hall–Kier alpha value is -3.33. The number of aliphatic hydroxyl groups excluding tert-OH is 1. The average Bonchev–Trinajstić information content (AvgIpc) is 3.11. The number of aromatic nitrogens is 1. The van der Waals surface area contributed by atoms with Gasteiger partial charge in [-0.05, 0) is 18.1 Å². The number of aromatic amines is 1. The van der Waals surface area contributed by atoms with Gasteiger partial charge in [0.25, 0.3) is 0 Å². The number of carboxylic acids is 1. The number of hydrogen-bond acceptors (Lipinski definition) is 5. The van der Waals surface area contributed by atoms with Crippen molar-refractivity contribution in [1.29, 1.82) is 0 Å². The largest absolute Gasteiger partial charge is 0.480 e. The summed E-state index contributed by atoms with van der Waals surface area (Å²) in [7, 11) is 0. The van der Waals surface area contributed by atoms with Crippen molar-refractivity contribution < 1.29 is 34.1 Å². The fourth-order valence-electron chi connectivity index (χ4n) is 2.86. The molecular weight excluding hydrogens is 380 g/mol. The van der Waals surface area contributed by atoms with E-state index in [2.05, 4.69) is 15.1 Å². The Morgan fingerprint density at radius 2 is 2.07 bits per heavy atom. The van der Waals surface area contributed by atoms with E-state index >= 15 is 0 Å². The van der Waals surface area contributed by atoms with E-state index in [9.17, 15) is 19.5 Å². The molecule has 0 fully saturated rings. The molecule has 0 bridgehead atoms. The third-order valence-electron chi connectivity index (χ3n) is 4.28. The van der Waals surface area contributed by atoms with E-state index < -0.39 is 29.8 Å². The lowest BCUT2D eigenvalue weighted by Gasteiger charge is -2.20. The third kappa shape index (κ3) is 6.35. The monoisotopic (exact) mass is 402 g/mol. The first-order valence-electron chi connectivity index (χ1n) is 8.97. The SMILES string of the molecule is [N-]=[N+]=CC(=O)CC[C@H](NC(=O)[C@H](Cc1c[nH]c2ccccc12)OCCO)C(=O)O. The second-order valence-electron chi connectivity index (χ2n) is 6.30. The van der Waals surface area contributed by atoms with Crippen LogP contribution in [-0.4, -0.2) is 69.2 Å². The van der Waals surface area contributed by atoms with Crippen molar-refractivity contribution in [1.82, 2.24) is 10.3 Å². The average molecular weight is 402 g/mol. The first kappa shape index (κ1) is 22.0. The van der Waals surface area contributed by atoms with Crippen LogP contribution in [0.3, 0.4) is 0 Å². The van der Waals surface area contributed by atoms with Crippen molar-refractivity contribution in [3.63, 3.8) is 0 Å². The lowest BCUT2D eigenvalue weighted by molar-refractivity contribution is -0.145. The molecule has 1 aromatic heterocycles. The molecule has 1 heterocycles. The van der Waals surface area contributed by atoms with Gasteiger partial charge < -0.3 is 30.8 Å². The lowest BCUT2D eigenvalue weighted by atomic mass is 10.0. The van der Waals surface area contributed by atoms with Crippen molar-refractivity contribution >= 4 is 34.8 Å². The lowest BCUT2D eigenvalue weighted by Crippen LogP contribution is -2.47. The molecule has 4 N–H and O–H groups in total. The summed E-state index contributed by atoms with van der Waals surface area (Å²) in [6, 6.07) is 6.18. The Morgan fingerprint density at radius 3 is 2.76 bits per heavy atom. The maximum Gasteiger partial charge on any atom is 0.326 e. The van der Waals surface area contributed by atoms with Gasteiger partial charge in [0, 0.05) is 29.9 Å². The number of amides is 1. The minimum absolute atomic E-state index is 0.0936. The molecule has 0 unspecified atom stereocenters. The number of carbonyl (C=O) groups excluding carboxylic acids is 2. The fraction of sp³-hybridized carbons (Fsp3) is 0.368. The van der Waals surface area contributed by atoms with Crippen molar-refractivity contribution in [3.05, 3.63) is 41.6 Å². The molecule has 10 nitrogen and oxygen atoms in total. The van der Waals surface area contributed by atoms with Gasteiger partial charge in [0.1, 0.15) is 12.1 Å². The number of aliphatic carboxylic acids is 1. The molecule has 154 valence electrons. The Labute approximate surface area is 166 Å². The van der Waals surface area contributed by atoms with Crippen LogP contribution in [-0.2, 0) is 25.5 Å². The predicted molar refractivity (Wildman–Crippen MR) is 102 cm³/mol. The van der Waals surface area contributed by atoms with Gasteiger partial charge in [-0.15, -0.1) is 0 Å². The molecular formula is C19H22N4O6. The first-order valence-corrected chi connectivity index (χ1v) is 8.97. The van der Waals surface area contributed by atoms with Crippen LogP contribution in [0.1, 0.15) is 18.4 Å². The fourth-order valence-corrected chi connectivity index (χ4v) is 2.86. The molecule has 10 heteroatoms. The Bertz CT molecular complexity index is 918. The van der Waals surface area contributed by atoms with Crippen LogP contribution < -0.4 is 5.32 Å². The van der Waals surface area contributed by atoms with Crippen LogP contribution in [0.4, 0.5) is 0 Å². The van der Waals surface area contributed by atoms with Crippen LogP contribution in [0.15, 0.2) is 30.5 Å². The van der Waals surface area contributed by atoms with Gasteiger partial charge in [-0.25, -0.2) is 4.79 Å². The smallest absolute Gasteiger partial charge is 0.326 e. The van der Waals surface area contributed by atoms with Gasteiger partial charge in [-0.3, -0.25) is 9.59 Å². The first-order chi connectivity index (χ1) is 14.0. The number of carbonyl (C=O) groups is 3. The van der Waals surface area contributed by atoms with Crippen molar-refractivity contribution in [2.75, 3.05) is 13.2 Å². The minimum atomic E-state index is -1.32. The maximum absolute atomic E-state index is 12.7. The number of hydrogen-bond donors (Lipinski definition) is 4. The molecule has 1 aromatic carbocycles. The number of aliphatic hydroxyl groups is 1. The van der Waals surface area contributed by atoms with E-state index in [4.69, 9.17) is 15.4 Å².